The van der Waals surface area contributed by atoms with Crippen LogP contribution in [-0.4, -0.2) is 32.2 Å². The van der Waals surface area contributed by atoms with Gasteiger partial charge in [0.25, 0.3) is 0 Å². The van der Waals surface area contributed by atoms with Gasteiger partial charge in [-0.25, -0.2) is 15.8 Å². The number of hydrogen-bond acceptors (Lipinski definition) is 6. The fraction of sp³-hybridized carbons (Fsp3) is 0.556. The Morgan fingerprint density at radius 3 is 2.69 bits per heavy atom. The number of hydrogen-bond donors (Lipinski definition) is 3. The SMILES string of the molecule is Cc1nc(NN)cc(NCC(C)S(C)=O)n1. The summed E-state index contributed by atoms with van der Waals surface area (Å²) in [6.45, 7) is 4.30. The maximum atomic E-state index is 11.2. The molecule has 0 fully saturated rings. The van der Waals surface area contributed by atoms with Gasteiger partial charge in [0.1, 0.15) is 17.5 Å². The molecule has 4 N–H and O–H groups in total. The largest absolute Gasteiger partial charge is 0.369 e. The second kappa shape index (κ2) is 5.76. The molecular formula is C9H17N5OS. The van der Waals surface area contributed by atoms with Gasteiger partial charge in [-0.05, 0) is 13.8 Å². The van der Waals surface area contributed by atoms with E-state index in [4.69, 9.17) is 5.84 Å². The highest BCUT2D eigenvalue weighted by Gasteiger charge is 2.07. The van der Waals surface area contributed by atoms with E-state index in [0.717, 1.165) is 0 Å². The first-order valence-corrected chi connectivity index (χ1v) is 6.53. The number of nitrogens with two attached hydrogens (primary N) is 1. The van der Waals surface area contributed by atoms with Crippen LogP contribution in [0.4, 0.5) is 11.6 Å². The van der Waals surface area contributed by atoms with Crippen molar-refractivity contribution in [2.24, 2.45) is 5.84 Å². The topological polar surface area (TPSA) is 92.9 Å². The van der Waals surface area contributed by atoms with Crippen LogP contribution in [0.5, 0.6) is 0 Å². The summed E-state index contributed by atoms with van der Waals surface area (Å²) in [4.78, 5) is 8.26. The fourth-order valence-electron chi connectivity index (χ4n) is 1.10. The van der Waals surface area contributed by atoms with Crippen LogP contribution in [0.25, 0.3) is 0 Å². The van der Waals surface area contributed by atoms with Crippen molar-refractivity contribution in [1.29, 1.82) is 0 Å². The lowest BCUT2D eigenvalue weighted by Gasteiger charge is -2.11. The highest BCUT2D eigenvalue weighted by molar-refractivity contribution is 7.84. The second-order valence-electron chi connectivity index (χ2n) is 3.52. The average molecular weight is 243 g/mol. The average Bonchev–Trinajstić information content (AvgIpc) is 2.24. The summed E-state index contributed by atoms with van der Waals surface area (Å²) in [7, 11) is -0.843. The molecule has 0 saturated heterocycles. The molecule has 0 spiro atoms. The fourth-order valence-corrected chi connectivity index (χ4v) is 1.42. The summed E-state index contributed by atoms with van der Waals surface area (Å²) in [5, 5.41) is 3.18. The van der Waals surface area contributed by atoms with Crippen molar-refractivity contribution in [1.82, 2.24) is 9.97 Å². The van der Waals surface area contributed by atoms with Gasteiger partial charge in [-0.3, -0.25) is 4.21 Å². The van der Waals surface area contributed by atoms with E-state index in [-0.39, 0.29) is 5.25 Å². The van der Waals surface area contributed by atoms with Gasteiger partial charge in [0, 0.05) is 34.9 Å². The molecule has 7 heteroatoms. The molecular weight excluding hydrogens is 226 g/mol. The van der Waals surface area contributed by atoms with Gasteiger partial charge < -0.3 is 10.7 Å². The molecule has 2 unspecified atom stereocenters. The molecule has 0 radical (unpaired) electrons. The summed E-state index contributed by atoms with van der Waals surface area (Å²) in [5.74, 6) is 7.14. The molecule has 0 aliphatic carbocycles. The van der Waals surface area contributed by atoms with Crippen LogP contribution in [0, 0.1) is 6.92 Å². The Labute approximate surface area is 97.5 Å². The van der Waals surface area contributed by atoms with Crippen LogP contribution in [0.2, 0.25) is 0 Å². The molecule has 6 nitrogen and oxygen atoms in total. The Morgan fingerprint density at radius 2 is 2.12 bits per heavy atom. The molecule has 1 aromatic rings. The number of anilines is 2. The molecule has 0 saturated carbocycles. The van der Waals surface area contributed by atoms with Crippen molar-refractivity contribution in [3.8, 4) is 0 Å². The first kappa shape index (κ1) is 12.9. The van der Waals surface area contributed by atoms with Crippen LogP contribution in [0.15, 0.2) is 6.07 Å². The van der Waals surface area contributed by atoms with Crippen molar-refractivity contribution >= 4 is 22.4 Å². The predicted molar refractivity (Wildman–Crippen MR) is 66.6 cm³/mol. The molecule has 0 aliphatic heterocycles. The van der Waals surface area contributed by atoms with Crippen molar-refractivity contribution < 1.29 is 4.21 Å². The van der Waals surface area contributed by atoms with Crippen LogP contribution < -0.4 is 16.6 Å². The molecule has 0 amide bonds. The normalized spacial score (nSPS) is 14.2. The van der Waals surface area contributed by atoms with Gasteiger partial charge in [0.15, 0.2) is 0 Å². The van der Waals surface area contributed by atoms with E-state index < -0.39 is 10.8 Å². The molecule has 1 rings (SSSR count). The maximum absolute atomic E-state index is 11.2. The molecule has 1 heterocycles. The van der Waals surface area contributed by atoms with E-state index in [9.17, 15) is 4.21 Å². The Bertz CT molecular complexity index is 384. The smallest absolute Gasteiger partial charge is 0.145 e. The highest BCUT2D eigenvalue weighted by atomic mass is 32.2. The number of nitrogens with one attached hydrogen (secondary N) is 2. The lowest BCUT2D eigenvalue weighted by Crippen LogP contribution is -2.21. The molecule has 1 aromatic heterocycles. The summed E-state index contributed by atoms with van der Waals surface area (Å²) in [6, 6.07) is 1.71. The Kier molecular flexibility index (Phi) is 4.63. The molecule has 0 bridgehead atoms. The lowest BCUT2D eigenvalue weighted by molar-refractivity contribution is 0.678. The number of aromatic nitrogens is 2. The monoisotopic (exact) mass is 243 g/mol. The van der Waals surface area contributed by atoms with E-state index >= 15 is 0 Å². The minimum absolute atomic E-state index is 0.0737. The zero-order chi connectivity index (χ0) is 12.1. The van der Waals surface area contributed by atoms with Crippen molar-refractivity contribution in [3.05, 3.63) is 11.9 Å². The van der Waals surface area contributed by atoms with Crippen LogP contribution >= 0.6 is 0 Å². The third-order valence-corrected chi connectivity index (χ3v) is 3.42. The number of nitrogens with zero attached hydrogens (tertiary/aromatic N) is 2. The van der Waals surface area contributed by atoms with E-state index in [1.165, 1.54) is 0 Å². The Morgan fingerprint density at radius 1 is 1.50 bits per heavy atom. The van der Waals surface area contributed by atoms with Crippen molar-refractivity contribution in [2.75, 3.05) is 23.5 Å². The van der Waals surface area contributed by atoms with Crippen LogP contribution in [0.3, 0.4) is 0 Å². The summed E-state index contributed by atoms with van der Waals surface area (Å²) in [5.41, 5.74) is 2.47. The van der Waals surface area contributed by atoms with E-state index in [1.54, 1.807) is 19.2 Å². The number of hydrazine groups is 1. The quantitative estimate of drug-likeness (QED) is 0.507. The highest BCUT2D eigenvalue weighted by Crippen LogP contribution is 2.10. The standard InChI is InChI=1S/C9H17N5OS/c1-6(16(3)15)5-11-8-4-9(14-10)13-7(2)12-8/h4,6H,5,10H2,1-3H3,(H2,11,12,13,14). The Hall–Kier alpha value is -1.21. The van der Waals surface area contributed by atoms with E-state index in [1.807, 2.05) is 6.92 Å². The number of aryl methyl sites for hydroxylation is 1. The summed E-state index contributed by atoms with van der Waals surface area (Å²) < 4.78 is 11.2. The third-order valence-electron chi connectivity index (χ3n) is 2.12. The zero-order valence-corrected chi connectivity index (χ0v) is 10.5. The van der Waals surface area contributed by atoms with Gasteiger partial charge in [-0.15, -0.1) is 0 Å². The van der Waals surface area contributed by atoms with E-state index in [2.05, 4.69) is 20.7 Å². The molecule has 0 aromatic carbocycles. The van der Waals surface area contributed by atoms with Gasteiger partial charge in [-0.2, -0.15) is 0 Å². The maximum Gasteiger partial charge on any atom is 0.145 e. The molecule has 0 aliphatic rings. The van der Waals surface area contributed by atoms with Crippen LogP contribution in [-0.2, 0) is 10.8 Å². The van der Waals surface area contributed by atoms with Crippen molar-refractivity contribution in [2.45, 2.75) is 19.1 Å². The lowest BCUT2D eigenvalue weighted by atomic mass is 10.4. The minimum Gasteiger partial charge on any atom is -0.369 e. The second-order valence-corrected chi connectivity index (χ2v) is 5.32. The van der Waals surface area contributed by atoms with Gasteiger partial charge in [0.2, 0.25) is 0 Å². The first-order valence-electron chi connectivity index (χ1n) is 4.91. The third kappa shape index (κ3) is 3.74. The summed E-state index contributed by atoms with van der Waals surface area (Å²) >= 11 is 0. The minimum atomic E-state index is -0.843. The van der Waals surface area contributed by atoms with E-state index in [0.29, 0.717) is 24.0 Å². The zero-order valence-electron chi connectivity index (χ0n) is 9.65. The predicted octanol–water partition coefficient (Wildman–Crippen LogP) is 0.250. The number of nitrogen functional groups attached to an aromatic ring is 1. The van der Waals surface area contributed by atoms with Gasteiger partial charge in [-0.1, -0.05) is 0 Å². The molecule has 16 heavy (non-hydrogen) atoms. The van der Waals surface area contributed by atoms with Crippen molar-refractivity contribution in [3.63, 3.8) is 0 Å². The van der Waals surface area contributed by atoms with Gasteiger partial charge >= 0.3 is 0 Å². The van der Waals surface area contributed by atoms with Crippen LogP contribution in [0.1, 0.15) is 12.7 Å². The first-order chi connectivity index (χ1) is 7.52. The summed E-state index contributed by atoms with van der Waals surface area (Å²) in [6.07, 6.45) is 1.68. The molecule has 2 atom stereocenters. The Balaban J connectivity index is 2.66. The number of rotatable bonds is 5. The molecule has 90 valence electrons. The van der Waals surface area contributed by atoms with Gasteiger partial charge in [0.05, 0.1) is 0 Å².